The smallest absolute Gasteiger partial charge is 0.172 e. The number of hydrogen-bond acceptors (Lipinski definition) is 3. The maximum atomic E-state index is 8.86. The highest BCUT2D eigenvalue weighted by Gasteiger charge is 2.17. The van der Waals surface area contributed by atoms with Gasteiger partial charge in [0.2, 0.25) is 0 Å². The summed E-state index contributed by atoms with van der Waals surface area (Å²) in [5.74, 6) is 0.138. The summed E-state index contributed by atoms with van der Waals surface area (Å²) in [6.45, 7) is 7.29. The Bertz CT molecular complexity index is 434. The van der Waals surface area contributed by atoms with Gasteiger partial charge in [-0.1, -0.05) is 28.0 Å². The van der Waals surface area contributed by atoms with Gasteiger partial charge in [0.25, 0.3) is 0 Å². The van der Waals surface area contributed by atoms with Gasteiger partial charge in [0.1, 0.15) is 0 Å². The fraction of sp³-hybridized carbons (Fsp3) is 0.462. The van der Waals surface area contributed by atoms with Crippen LogP contribution in [0, 0.1) is 0 Å². The Hall–Kier alpha value is -1.23. The van der Waals surface area contributed by atoms with Gasteiger partial charge in [-0.15, -0.1) is 0 Å². The SMILES string of the molecule is CCC(C)N(CC)c1cc(Br)ccc1/C(N)=N/O. The van der Waals surface area contributed by atoms with Crippen molar-refractivity contribution in [2.75, 3.05) is 11.4 Å². The van der Waals surface area contributed by atoms with Gasteiger partial charge in [-0.2, -0.15) is 0 Å². The van der Waals surface area contributed by atoms with Crippen LogP contribution in [0.5, 0.6) is 0 Å². The molecule has 1 unspecified atom stereocenters. The van der Waals surface area contributed by atoms with E-state index < -0.39 is 0 Å². The molecule has 100 valence electrons. The Morgan fingerprint density at radius 1 is 1.50 bits per heavy atom. The Kier molecular flexibility index (Phi) is 5.47. The van der Waals surface area contributed by atoms with E-state index in [0.717, 1.165) is 28.7 Å². The minimum atomic E-state index is 0.138. The molecule has 1 rings (SSSR count). The molecule has 0 aliphatic heterocycles. The number of amidine groups is 1. The van der Waals surface area contributed by atoms with Crippen LogP contribution in [-0.2, 0) is 0 Å². The number of halogens is 1. The zero-order valence-corrected chi connectivity index (χ0v) is 12.6. The molecule has 0 heterocycles. The standard InChI is InChI=1S/C13H20BrN3O/c1-4-9(3)17(5-2)12-8-10(14)6-7-11(12)13(15)16-18/h6-9,18H,4-5H2,1-3H3,(H2,15,16). The van der Waals surface area contributed by atoms with Gasteiger partial charge in [-0.25, -0.2) is 0 Å². The van der Waals surface area contributed by atoms with Gasteiger partial charge >= 0.3 is 0 Å². The molecule has 4 nitrogen and oxygen atoms in total. The molecular formula is C13H20BrN3O. The molecule has 1 atom stereocenters. The summed E-state index contributed by atoms with van der Waals surface area (Å²) in [5, 5.41) is 12.0. The van der Waals surface area contributed by atoms with Crippen LogP contribution in [0.25, 0.3) is 0 Å². The largest absolute Gasteiger partial charge is 0.409 e. The van der Waals surface area contributed by atoms with Gasteiger partial charge < -0.3 is 15.8 Å². The summed E-state index contributed by atoms with van der Waals surface area (Å²) in [7, 11) is 0. The van der Waals surface area contributed by atoms with Crippen LogP contribution in [0.15, 0.2) is 27.8 Å². The van der Waals surface area contributed by atoms with Crippen molar-refractivity contribution in [2.45, 2.75) is 33.2 Å². The second kappa shape index (κ2) is 6.64. The van der Waals surface area contributed by atoms with Crippen molar-refractivity contribution in [1.29, 1.82) is 0 Å². The van der Waals surface area contributed by atoms with Crippen molar-refractivity contribution in [3.05, 3.63) is 28.2 Å². The van der Waals surface area contributed by atoms with E-state index in [9.17, 15) is 0 Å². The Balaban J connectivity index is 3.31. The summed E-state index contributed by atoms with van der Waals surface area (Å²) < 4.78 is 0.980. The summed E-state index contributed by atoms with van der Waals surface area (Å²) >= 11 is 3.47. The second-order valence-corrected chi connectivity index (χ2v) is 5.11. The first kappa shape index (κ1) is 14.8. The Morgan fingerprint density at radius 3 is 2.67 bits per heavy atom. The number of rotatable bonds is 5. The van der Waals surface area contributed by atoms with Crippen LogP contribution >= 0.6 is 15.9 Å². The third kappa shape index (κ3) is 3.16. The Labute approximate surface area is 117 Å². The van der Waals surface area contributed by atoms with Gasteiger partial charge in [-0.05, 0) is 38.5 Å². The lowest BCUT2D eigenvalue weighted by molar-refractivity contribution is 0.318. The second-order valence-electron chi connectivity index (χ2n) is 4.19. The first-order valence-corrected chi connectivity index (χ1v) is 6.88. The van der Waals surface area contributed by atoms with Gasteiger partial charge in [0, 0.05) is 28.3 Å². The fourth-order valence-electron chi connectivity index (χ4n) is 1.95. The van der Waals surface area contributed by atoms with Crippen molar-refractivity contribution >= 4 is 27.5 Å². The molecule has 1 aromatic rings. The predicted molar refractivity (Wildman–Crippen MR) is 79.4 cm³/mol. The molecule has 0 bridgehead atoms. The highest BCUT2D eigenvalue weighted by molar-refractivity contribution is 9.10. The number of hydrogen-bond donors (Lipinski definition) is 2. The topological polar surface area (TPSA) is 61.8 Å². The summed E-state index contributed by atoms with van der Waals surface area (Å²) in [4.78, 5) is 2.25. The maximum Gasteiger partial charge on any atom is 0.172 e. The normalized spacial score (nSPS) is 13.4. The van der Waals surface area contributed by atoms with E-state index in [-0.39, 0.29) is 5.84 Å². The van der Waals surface area contributed by atoms with Crippen molar-refractivity contribution in [3.63, 3.8) is 0 Å². The molecule has 3 N–H and O–H groups in total. The van der Waals surface area contributed by atoms with E-state index in [2.05, 4.69) is 46.8 Å². The van der Waals surface area contributed by atoms with E-state index >= 15 is 0 Å². The molecule has 0 aliphatic carbocycles. The summed E-state index contributed by atoms with van der Waals surface area (Å²) in [6.07, 6.45) is 1.04. The van der Waals surface area contributed by atoms with Crippen LogP contribution < -0.4 is 10.6 Å². The molecule has 0 saturated carbocycles. The predicted octanol–water partition coefficient (Wildman–Crippen LogP) is 3.17. The minimum Gasteiger partial charge on any atom is -0.409 e. The number of nitrogens with two attached hydrogens (primary N) is 1. The number of nitrogens with zero attached hydrogens (tertiary/aromatic N) is 2. The van der Waals surface area contributed by atoms with Gasteiger partial charge in [-0.3, -0.25) is 0 Å². The van der Waals surface area contributed by atoms with Gasteiger partial charge in [0.15, 0.2) is 5.84 Å². The molecule has 18 heavy (non-hydrogen) atoms. The molecular weight excluding hydrogens is 294 g/mol. The molecule has 0 spiro atoms. The number of anilines is 1. The number of benzene rings is 1. The van der Waals surface area contributed by atoms with Crippen LogP contribution in [0.2, 0.25) is 0 Å². The van der Waals surface area contributed by atoms with Gasteiger partial charge in [0.05, 0.1) is 0 Å². The van der Waals surface area contributed by atoms with E-state index in [1.165, 1.54) is 0 Å². The molecule has 0 saturated heterocycles. The zero-order valence-electron chi connectivity index (χ0n) is 11.0. The van der Waals surface area contributed by atoms with Crippen molar-refractivity contribution in [1.82, 2.24) is 0 Å². The van der Waals surface area contributed by atoms with E-state index in [1.54, 1.807) is 0 Å². The zero-order chi connectivity index (χ0) is 13.7. The molecule has 1 aromatic carbocycles. The molecule has 5 heteroatoms. The van der Waals surface area contributed by atoms with E-state index in [1.807, 2.05) is 18.2 Å². The maximum absolute atomic E-state index is 8.86. The fourth-order valence-corrected chi connectivity index (χ4v) is 2.30. The molecule has 0 aliphatic rings. The molecule has 0 aromatic heterocycles. The first-order chi connectivity index (χ1) is 8.54. The highest BCUT2D eigenvalue weighted by Crippen LogP contribution is 2.27. The van der Waals surface area contributed by atoms with Crippen LogP contribution in [0.4, 0.5) is 5.69 Å². The Morgan fingerprint density at radius 2 is 2.17 bits per heavy atom. The van der Waals surface area contributed by atoms with Crippen LogP contribution in [-0.4, -0.2) is 23.6 Å². The molecule has 0 amide bonds. The quantitative estimate of drug-likeness (QED) is 0.380. The third-order valence-electron chi connectivity index (χ3n) is 3.12. The monoisotopic (exact) mass is 313 g/mol. The molecule has 0 fully saturated rings. The van der Waals surface area contributed by atoms with Crippen molar-refractivity contribution in [3.8, 4) is 0 Å². The minimum absolute atomic E-state index is 0.138. The third-order valence-corrected chi connectivity index (χ3v) is 3.61. The summed E-state index contributed by atoms with van der Waals surface area (Å²) in [6, 6.07) is 6.15. The molecule has 0 radical (unpaired) electrons. The lowest BCUT2D eigenvalue weighted by atomic mass is 10.1. The van der Waals surface area contributed by atoms with Crippen molar-refractivity contribution < 1.29 is 5.21 Å². The van der Waals surface area contributed by atoms with E-state index in [0.29, 0.717) is 6.04 Å². The lowest BCUT2D eigenvalue weighted by Gasteiger charge is -2.31. The van der Waals surface area contributed by atoms with Crippen LogP contribution in [0.1, 0.15) is 32.8 Å². The number of oxime groups is 1. The van der Waals surface area contributed by atoms with Crippen LogP contribution in [0.3, 0.4) is 0 Å². The average molecular weight is 314 g/mol. The summed E-state index contributed by atoms with van der Waals surface area (Å²) in [5.41, 5.74) is 7.47. The van der Waals surface area contributed by atoms with Crippen molar-refractivity contribution in [2.24, 2.45) is 10.9 Å². The highest BCUT2D eigenvalue weighted by atomic mass is 79.9. The first-order valence-electron chi connectivity index (χ1n) is 6.09. The average Bonchev–Trinajstić information content (AvgIpc) is 2.38. The lowest BCUT2D eigenvalue weighted by Crippen LogP contribution is -2.34. The van der Waals surface area contributed by atoms with E-state index in [4.69, 9.17) is 10.9 Å².